The first kappa shape index (κ1) is 13.4. The molecule has 0 aliphatic heterocycles. The zero-order chi connectivity index (χ0) is 14.0. The predicted molar refractivity (Wildman–Crippen MR) is 70.9 cm³/mol. The van der Waals surface area contributed by atoms with E-state index < -0.39 is 5.82 Å². The summed E-state index contributed by atoms with van der Waals surface area (Å²) < 4.78 is 14.8. The molecular formula is C14H16FN3O. The summed E-state index contributed by atoms with van der Waals surface area (Å²) >= 11 is 0. The van der Waals surface area contributed by atoms with Crippen LogP contribution >= 0.6 is 0 Å². The molecule has 2 aromatic rings. The minimum atomic E-state index is -0.447. The fraction of sp³-hybridized carbons (Fsp3) is 0.357. The molecule has 0 amide bonds. The van der Waals surface area contributed by atoms with Gasteiger partial charge in [0, 0.05) is 11.8 Å². The van der Waals surface area contributed by atoms with Crippen molar-refractivity contribution in [3.63, 3.8) is 0 Å². The van der Waals surface area contributed by atoms with Crippen LogP contribution in [0.25, 0.3) is 5.82 Å². The van der Waals surface area contributed by atoms with Crippen LogP contribution in [0.3, 0.4) is 0 Å². The standard InChI is InChI=1S/C14H16FN3O/c1-9(2)6-11-7-12(15)8-18(14(11)19)13-5-4-10(3)16-17-13/h4-5,7-9H,6H2,1-3H3. The van der Waals surface area contributed by atoms with Gasteiger partial charge in [0.1, 0.15) is 5.82 Å². The maximum Gasteiger partial charge on any atom is 0.259 e. The van der Waals surface area contributed by atoms with Crippen molar-refractivity contribution in [2.24, 2.45) is 5.92 Å². The number of hydrogen-bond donors (Lipinski definition) is 0. The molecule has 0 atom stereocenters. The van der Waals surface area contributed by atoms with Crippen LogP contribution in [0.15, 0.2) is 29.2 Å². The molecule has 2 rings (SSSR count). The fourth-order valence-corrected chi connectivity index (χ4v) is 1.88. The summed E-state index contributed by atoms with van der Waals surface area (Å²) in [5.74, 6) is 0.171. The number of aryl methyl sites for hydroxylation is 1. The van der Waals surface area contributed by atoms with E-state index in [2.05, 4.69) is 10.2 Å². The van der Waals surface area contributed by atoms with Gasteiger partial charge in [-0.25, -0.2) is 4.39 Å². The van der Waals surface area contributed by atoms with E-state index in [9.17, 15) is 9.18 Å². The van der Waals surface area contributed by atoms with Gasteiger partial charge in [-0.05, 0) is 37.5 Å². The number of pyridine rings is 1. The van der Waals surface area contributed by atoms with Crippen molar-refractivity contribution in [2.75, 3.05) is 0 Å². The average Bonchev–Trinajstić information content (AvgIpc) is 2.34. The van der Waals surface area contributed by atoms with Crippen molar-refractivity contribution in [1.29, 1.82) is 0 Å². The molecule has 100 valence electrons. The Kier molecular flexibility index (Phi) is 3.74. The van der Waals surface area contributed by atoms with Gasteiger partial charge in [0.05, 0.1) is 5.69 Å². The third-order valence-corrected chi connectivity index (χ3v) is 2.72. The molecule has 2 heterocycles. The molecule has 19 heavy (non-hydrogen) atoms. The summed E-state index contributed by atoms with van der Waals surface area (Å²) in [6.07, 6.45) is 1.68. The molecule has 0 bridgehead atoms. The smallest absolute Gasteiger partial charge is 0.259 e. The van der Waals surface area contributed by atoms with E-state index >= 15 is 0 Å². The SMILES string of the molecule is Cc1ccc(-n2cc(F)cc(CC(C)C)c2=O)nn1. The van der Waals surface area contributed by atoms with Gasteiger partial charge in [-0.3, -0.25) is 9.36 Å². The highest BCUT2D eigenvalue weighted by atomic mass is 19.1. The molecule has 0 radical (unpaired) electrons. The predicted octanol–water partition coefficient (Wildman–Crippen LogP) is 2.27. The Hall–Kier alpha value is -2.04. The second-order valence-electron chi connectivity index (χ2n) is 4.99. The van der Waals surface area contributed by atoms with E-state index in [1.54, 1.807) is 19.1 Å². The van der Waals surface area contributed by atoms with Gasteiger partial charge in [0.2, 0.25) is 0 Å². The molecule has 0 N–H and O–H groups in total. The van der Waals surface area contributed by atoms with Crippen LogP contribution in [0.1, 0.15) is 25.1 Å². The highest BCUT2D eigenvalue weighted by Crippen LogP contribution is 2.08. The van der Waals surface area contributed by atoms with Gasteiger partial charge in [-0.15, -0.1) is 5.10 Å². The zero-order valence-electron chi connectivity index (χ0n) is 11.2. The molecular weight excluding hydrogens is 245 g/mol. The van der Waals surface area contributed by atoms with Crippen molar-refractivity contribution in [2.45, 2.75) is 27.2 Å². The van der Waals surface area contributed by atoms with Gasteiger partial charge in [-0.2, -0.15) is 5.10 Å². The molecule has 4 nitrogen and oxygen atoms in total. The van der Waals surface area contributed by atoms with Crippen LogP contribution < -0.4 is 5.56 Å². The van der Waals surface area contributed by atoms with Gasteiger partial charge in [-0.1, -0.05) is 13.8 Å². The summed E-state index contributed by atoms with van der Waals surface area (Å²) in [4.78, 5) is 12.3. The van der Waals surface area contributed by atoms with Crippen LogP contribution in [0.4, 0.5) is 4.39 Å². The van der Waals surface area contributed by atoms with Crippen LogP contribution in [-0.2, 0) is 6.42 Å². The molecule has 0 saturated carbocycles. The third kappa shape index (κ3) is 3.05. The maximum absolute atomic E-state index is 13.6. The minimum Gasteiger partial charge on any atom is -0.269 e. The van der Waals surface area contributed by atoms with Crippen molar-refractivity contribution in [1.82, 2.24) is 14.8 Å². The highest BCUT2D eigenvalue weighted by molar-refractivity contribution is 5.25. The summed E-state index contributed by atoms with van der Waals surface area (Å²) in [5.41, 5.74) is 0.959. The second-order valence-corrected chi connectivity index (χ2v) is 4.99. The lowest BCUT2D eigenvalue weighted by Gasteiger charge is -2.09. The quantitative estimate of drug-likeness (QED) is 0.851. The van der Waals surface area contributed by atoms with Crippen LogP contribution in [0.2, 0.25) is 0 Å². The minimum absolute atomic E-state index is 0.242. The number of hydrogen-bond acceptors (Lipinski definition) is 3. The van der Waals surface area contributed by atoms with E-state index in [-0.39, 0.29) is 11.5 Å². The van der Waals surface area contributed by atoms with E-state index in [1.165, 1.54) is 10.6 Å². The van der Waals surface area contributed by atoms with E-state index in [1.807, 2.05) is 13.8 Å². The monoisotopic (exact) mass is 261 g/mol. The summed E-state index contributed by atoms with van der Waals surface area (Å²) in [6.45, 7) is 5.77. The molecule has 0 aromatic carbocycles. The first-order valence-corrected chi connectivity index (χ1v) is 6.19. The first-order chi connectivity index (χ1) is 8.97. The van der Waals surface area contributed by atoms with E-state index in [0.29, 0.717) is 17.8 Å². The highest BCUT2D eigenvalue weighted by Gasteiger charge is 2.11. The second kappa shape index (κ2) is 5.30. The van der Waals surface area contributed by atoms with Crippen LogP contribution in [0, 0.1) is 18.7 Å². The molecule has 0 spiro atoms. The first-order valence-electron chi connectivity index (χ1n) is 6.19. The molecule has 0 fully saturated rings. The van der Waals surface area contributed by atoms with E-state index in [4.69, 9.17) is 0 Å². The number of aromatic nitrogens is 3. The third-order valence-electron chi connectivity index (χ3n) is 2.72. The average molecular weight is 261 g/mol. The Morgan fingerprint density at radius 3 is 2.63 bits per heavy atom. The van der Waals surface area contributed by atoms with Crippen molar-refractivity contribution in [3.05, 3.63) is 51.8 Å². The van der Waals surface area contributed by atoms with Crippen LogP contribution in [-0.4, -0.2) is 14.8 Å². The zero-order valence-corrected chi connectivity index (χ0v) is 11.2. The molecule has 2 aromatic heterocycles. The largest absolute Gasteiger partial charge is 0.269 e. The van der Waals surface area contributed by atoms with Crippen molar-refractivity contribution in [3.8, 4) is 5.82 Å². The van der Waals surface area contributed by atoms with Crippen molar-refractivity contribution >= 4 is 0 Å². The molecule has 0 aliphatic carbocycles. The Balaban J connectivity index is 2.54. The lowest BCUT2D eigenvalue weighted by Crippen LogP contribution is -2.24. The number of rotatable bonds is 3. The Morgan fingerprint density at radius 2 is 2.05 bits per heavy atom. The van der Waals surface area contributed by atoms with E-state index in [0.717, 1.165) is 11.9 Å². The molecule has 0 unspecified atom stereocenters. The lowest BCUT2D eigenvalue weighted by molar-refractivity contribution is 0.591. The number of halogens is 1. The molecule has 0 saturated heterocycles. The van der Waals surface area contributed by atoms with Gasteiger partial charge >= 0.3 is 0 Å². The molecule has 5 heteroatoms. The Morgan fingerprint density at radius 1 is 1.32 bits per heavy atom. The molecule has 0 aliphatic rings. The Bertz CT molecular complexity index is 632. The summed E-state index contributed by atoms with van der Waals surface area (Å²) in [5, 5.41) is 7.80. The fourth-order valence-electron chi connectivity index (χ4n) is 1.88. The number of nitrogens with zero attached hydrogens (tertiary/aromatic N) is 3. The summed E-state index contributed by atoms with van der Waals surface area (Å²) in [7, 11) is 0. The van der Waals surface area contributed by atoms with Gasteiger partial charge in [0.25, 0.3) is 5.56 Å². The Labute approximate surface area is 110 Å². The van der Waals surface area contributed by atoms with Gasteiger partial charge in [0.15, 0.2) is 5.82 Å². The lowest BCUT2D eigenvalue weighted by atomic mass is 10.0. The normalized spacial score (nSPS) is 11.0. The van der Waals surface area contributed by atoms with Crippen molar-refractivity contribution < 1.29 is 4.39 Å². The topological polar surface area (TPSA) is 47.8 Å². The van der Waals surface area contributed by atoms with Gasteiger partial charge < -0.3 is 0 Å². The summed E-state index contributed by atoms with van der Waals surface area (Å²) in [6, 6.07) is 4.69. The maximum atomic E-state index is 13.6. The van der Waals surface area contributed by atoms with Crippen LogP contribution in [0.5, 0.6) is 0 Å².